The third kappa shape index (κ3) is 4.26. The summed E-state index contributed by atoms with van der Waals surface area (Å²) in [7, 11) is 4.49. The Labute approximate surface area is 125 Å². The van der Waals surface area contributed by atoms with E-state index in [0.29, 0.717) is 35.8 Å². The van der Waals surface area contributed by atoms with E-state index in [-0.39, 0.29) is 18.4 Å². The van der Waals surface area contributed by atoms with Crippen LogP contribution in [0.2, 0.25) is 0 Å². The van der Waals surface area contributed by atoms with Crippen LogP contribution in [0.15, 0.2) is 12.1 Å². The Bertz CT molecular complexity index is 475. The van der Waals surface area contributed by atoms with Crippen molar-refractivity contribution in [3.63, 3.8) is 0 Å². The fourth-order valence-corrected chi connectivity index (χ4v) is 1.96. The van der Waals surface area contributed by atoms with Crippen LogP contribution in [0.4, 0.5) is 0 Å². The Balaban J connectivity index is 2.94. The van der Waals surface area contributed by atoms with Gasteiger partial charge < -0.3 is 24.6 Å². The lowest BCUT2D eigenvalue weighted by Crippen LogP contribution is -2.29. The van der Waals surface area contributed by atoms with Crippen molar-refractivity contribution in [1.82, 2.24) is 5.32 Å². The first kappa shape index (κ1) is 17.1. The normalized spacial score (nSPS) is 11.7. The van der Waals surface area contributed by atoms with Crippen LogP contribution in [0.25, 0.3) is 0 Å². The van der Waals surface area contributed by atoms with Crippen LogP contribution < -0.4 is 19.5 Å². The minimum absolute atomic E-state index is 0.108. The molecule has 0 fully saturated rings. The predicted molar refractivity (Wildman–Crippen MR) is 79.3 cm³/mol. The number of ether oxygens (including phenoxy) is 3. The number of rotatable bonds is 8. The summed E-state index contributed by atoms with van der Waals surface area (Å²) in [5.74, 6) is 1.17. The maximum absolute atomic E-state index is 12.3. The number of benzene rings is 1. The lowest BCUT2D eigenvalue weighted by Gasteiger charge is -2.16. The SMILES string of the molecule is COc1ccc(C(=O)NCC(C)CCO)c(OC)c1OC. The predicted octanol–water partition coefficient (Wildman–Crippen LogP) is 1.46. The first-order chi connectivity index (χ1) is 10.1. The molecule has 0 aromatic heterocycles. The molecule has 118 valence electrons. The lowest BCUT2D eigenvalue weighted by atomic mass is 10.1. The van der Waals surface area contributed by atoms with Gasteiger partial charge in [0.2, 0.25) is 5.75 Å². The molecule has 0 aliphatic rings. The van der Waals surface area contributed by atoms with Crippen LogP contribution >= 0.6 is 0 Å². The van der Waals surface area contributed by atoms with Crippen molar-refractivity contribution in [3.05, 3.63) is 17.7 Å². The fourth-order valence-electron chi connectivity index (χ4n) is 1.96. The van der Waals surface area contributed by atoms with E-state index < -0.39 is 0 Å². The van der Waals surface area contributed by atoms with Crippen LogP contribution in [0.5, 0.6) is 17.2 Å². The molecule has 1 amide bonds. The number of methoxy groups -OCH3 is 3. The van der Waals surface area contributed by atoms with Crippen LogP contribution in [0.3, 0.4) is 0 Å². The maximum atomic E-state index is 12.3. The summed E-state index contributed by atoms with van der Waals surface area (Å²) in [5.41, 5.74) is 0.381. The molecule has 6 nitrogen and oxygen atoms in total. The largest absolute Gasteiger partial charge is 0.493 e. The molecule has 1 atom stereocenters. The summed E-state index contributed by atoms with van der Waals surface area (Å²) in [6.45, 7) is 2.55. The van der Waals surface area contributed by atoms with E-state index in [1.54, 1.807) is 12.1 Å². The number of hydrogen-bond acceptors (Lipinski definition) is 5. The van der Waals surface area contributed by atoms with Gasteiger partial charge in [-0.3, -0.25) is 4.79 Å². The van der Waals surface area contributed by atoms with Gasteiger partial charge >= 0.3 is 0 Å². The molecule has 0 saturated carbocycles. The van der Waals surface area contributed by atoms with Crippen molar-refractivity contribution in [2.75, 3.05) is 34.5 Å². The highest BCUT2D eigenvalue weighted by Crippen LogP contribution is 2.39. The molecule has 0 aliphatic carbocycles. The summed E-state index contributed by atoms with van der Waals surface area (Å²) in [5, 5.41) is 11.7. The Morgan fingerprint density at radius 2 is 1.86 bits per heavy atom. The van der Waals surface area contributed by atoms with Crippen molar-refractivity contribution >= 4 is 5.91 Å². The zero-order valence-electron chi connectivity index (χ0n) is 12.9. The van der Waals surface area contributed by atoms with Gasteiger partial charge in [0.25, 0.3) is 5.91 Å². The topological polar surface area (TPSA) is 77.0 Å². The number of carbonyl (C=O) groups excluding carboxylic acids is 1. The second kappa shape index (κ2) is 8.36. The molecule has 6 heteroatoms. The summed E-state index contributed by atoms with van der Waals surface area (Å²) in [6.07, 6.45) is 0.642. The number of aliphatic hydroxyl groups is 1. The Morgan fingerprint density at radius 1 is 1.19 bits per heavy atom. The maximum Gasteiger partial charge on any atom is 0.255 e. The van der Waals surface area contributed by atoms with Crippen molar-refractivity contribution in [1.29, 1.82) is 0 Å². The molecule has 1 aromatic carbocycles. The molecule has 0 saturated heterocycles. The minimum Gasteiger partial charge on any atom is -0.493 e. The van der Waals surface area contributed by atoms with E-state index in [1.807, 2.05) is 6.92 Å². The molecular formula is C15H23NO5. The van der Waals surface area contributed by atoms with Gasteiger partial charge in [-0.2, -0.15) is 0 Å². The highest BCUT2D eigenvalue weighted by molar-refractivity contribution is 5.98. The monoisotopic (exact) mass is 297 g/mol. The van der Waals surface area contributed by atoms with Gasteiger partial charge in [0.1, 0.15) is 0 Å². The first-order valence-electron chi connectivity index (χ1n) is 6.77. The Kier molecular flexibility index (Phi) is 6.81. The summed E-state index contributed by atoms with van der Waals surface area (Å²) < 4.78 is 15.7. The number of carbonyl (C=O) groups is 1. The summed E-state index contributed by atoms with van der Waals surface area (Å²) >= 11 is 0. The van der Waals surface area contributed by atoms with E-state index in [0.717, 1.165) is 0 Å². The van der Waals surface area contributed by atoms with Crippen LogP contribution in [0.1, 0.15) is 23.7 Å². The first-order valence-corrected chi connectivity index (χ1v) is 6.77. The van der Waals surface area contributed by atoms with Crippen LogP contribution in [-0.2, 0) is 0 Å². The van der Waals surface area contributed by atoms with Gasteiger partial charge in [-0.25, -0.2) is 0 Å². The smallest absolute Gasteiger partial charge is 0.255 e. The van der Waals surface area contributed by atoms with E-state index in [9.17, 15) is 4.79 Å². The third-order valence-electron chi connectivity index (χ3n) is 3.18. The fraction of sp³-hybridized carbons (Fsp3) is 0.533. The lowest BCUT2D eigenvalue weighted by molar-refractivity contribution is 0.0941. The molecule has 2 N–H and O–H groups in total. The minimum atomic E-state index is -0.252. The molecule has 0 heterocycles. The average molecular weight is 297 g/mol. The van der Waals surface area contributed by atoms with Gasteiger partial charge in [0, 0.05) is 13.2 Å². The zero-order valence-corrected chi connectivity index (χ0v) is 12.9. The number of nitrogens with one attached hydrogen (secondary N) is 1. The Morgan fingerprint density at radius 3 is 2.38 bits per heavy atom. The van der Waals surface area contributed by atoms with Gasteiger partial charge in [0.15, 0.2) is 11.5 Å². The van der Waals surface area contributed by atoms with Crippen molar-refractivity contribution in [2.24, 2.45) is 5.92 Å². The standard InChI is InChI=1S/C15H23NO5/c1-10(7-8-17)9-16-15(18)11-5-6-12(19-2)14(21-4)13(11)20-3/h5-6,10,17H,7-9H2,1-4H3,(H,16,18). The van der Waals surface area contributed by atoms with Crippen LogP contribution in [-0.4, -0.2) is 45.5 Å². The molecule has 0 spiro atoms. The molecular weight excluding hydrogens is 274 g/mol. The van der Waals surface area contributed by atoms with Crippen molar-refractivity contribution in [3.8, 4) is 17.2 Å². The number of hydrogen-bond donors (Lipinski definition) is 2. The number of amides is 1. The Hall–Kier alpha value is -1.95. The van der Waals surface area contributed by atoms with E-state index in [4.69, 9.17) is 19.3 Å². The molecule has 1 rings (SSSR count). The molecule has 1 aromatic rings. The van der Waals surface area contributed by atoms with Gasteiger partial charge in [-0.15, -0.1) is 0 Å². The van der Waals surface area contributed by atoms with Gasteiger partial charge in [-0.1, -0.05) is 6.92 Å². The molecule has 0 bridgehead atoms. The van der Waals surface area contributed by atoms with E-state index >= 15 is 0 Å². The molecule has 0 radical (unpaired) electrons. The highest BCUT2D eigenvalue weighted by Gasteiger charge is 2.20. The second-order valence-electron chi connectivity index (χ2n) is 4.71. The number of aliphatic hydroxyl groups excluding tert-OH is 1. The van der Waals surface area contributed by atoms with Gasteiger partial charge in [-0.05, 0) is 24.5 Å². The summed E-state index contributed by atoms with van der Waals surface area (Å²) in [4.78, 5) is 12.3. The summed E-state index contributed by atoms with van der Waals surface area (Å²) in [6, 6.07) is 3.29. The van der Waals surface area contributed by atoms with E-state index in [1.165, 1.54) is 21.3 Å². The van der Waals surface area contributed by atoms with Crippen molar-refractivity contribution < 1.29 is 24.1 Å². The van der Waals surface area contributed by atoms with Crippen LogP contribution in [0, 0.1) is 5.92 Å². The molecule has 1 unspecified atom stereocenters. The zero-order chi connectivity index (χ0) is 15.8. The average Bonchev–Trinajstić information content (AvgIpc) is 2.51. The second-order valence-corrected chi connectivity index (χ2v) is 4.71. The quantitative estimate of drug-likeness (QED) is 0.759. The highest BCUT2D eigenvalue weighted by atomic mass is 16.5. The molecule has 21 heavy (non-hydrogen) atoms. The van der Waals surface area contributed by atoms with Gasteiger partial charge in [0.05, 0.1) is 26.9 Å². The third-order valence-corrected chi connectivity index (χ3v) is 3.18. The van der Waals surface area contributed by atoms with Crippen molar-refractivity contribution in [2.45, 2.75) is 13.3 Å². The molecule has 0 aliphatic heterocycles. The van der Waals surface area contributed by atoms with E-state index in [2.05, 4.69) is 5.32 Å².